The first-order valence-corrected chi connectivity index (χ1v) is 11.4. The lowest BCUT2D eigenvalue weighted by Gasteiger charge is -2.31. The maximum atomic E-state index is 14.0. The third-order valence-electron chi connectivity index (χ3n) is 5.31. The molecule has 12 heteroatoms. The van der Waals surface area contributed by atoms with Crippen molar-refractivity contribution in [1.29, 1.82) is 0 Å². The minimum Gasteiger partial charge on any atom is -0.481 e. The number of hydrogen-bond acceptors (Lipinski definition) is 7. The summed E-state index contributed by atoms with van der Waals surface area (Å²) in [6.45, 7) is 0.693. The predicted molar refractivity (Wildman–Crippen MR) is 128 cm³/mol. The second-order valence-corrected chi connectivity index (χ2v) is 8.04. The molecule has 1 atom stereocenters. The zero-order valence-electron chi connectivity index (χ0n) is 19.9. The number of aliphatic carboxylic acids is 1. The van der Waals surface area contributed by atoms with Gasteiger partial charge in [0.25, 0.3) is 0 Å². The third kappa shape index (κ3) is 8.10. The van der Waals surface area contributed by atoms with E-state index in [1.807, 2.05) is 30.3 Å². The van der Waals surface area contributed by atoms with Crippen LogP contribution in [-0.2, 0) is 20.9 Å². The summed E-state index contributed by atoms with van der Waals surface area (Å²) < 4.78 is 38.1. The number of benzene rings is 2. The second kappa shape index (κ2) is 13.1. The smallest absolute Gasteiger partial charge is 0.412 e. The fraction of sp³-hybridized carbons (Fsp3) is 0.280. The van der Waals surface area contributed by atoms with Crippen LogP contribution < -0.4 is 10.7 Å². The molecule has 196 valence electrons. The first kappa shape index (κ1) is 27.3. The predicted octanol–water partition coefficient (Wildman–Crippen LogP) is 4.35. The highest BCUT2D eigenvalue weighted by Crippen LogP contribution is 2.22. The summed E-state index contributed by atoms with van der Waals surface area (Å²) in [7, 11) is 0. The first-order valence-electron chi connectivity index (χ1n) is 11.4. The van der Waals surface area contributed by atoms with Gasteiger partial charge in [-0.3, -0.25) is 19.9 Å². The van der Waals surface area contributed by atoms with Crippen molar-refractivity contribution in [3.8, 4) is 11.3 Å². The van der Waals surface area contributed by atoms with Gasteiger partial charge in [0.15, 0.2) is 23.2 Å². The average Bonchev–Trinajstić information content (AvgIpc) is 3.33. The molecule has 0 radical (unpaired) electrons. The number of amides is 2. The maximum absolute atomic E-state index is 14.0. The van der Waals surface area contributed by atoms with Crippen LogP contribution in [0.25, 0.3) is 11.3 Å². The number of carbonyl (C=O) groups is 3. The molecule has 0 saturated heterocycles. The van der Waals surface area contributed by atoms with Crippen molar-refractivity contribution in [3.63, 3.8) is 0 Å². The zero-order chi connectivity index (χ0) is 26.8. The Kier molecular flexibility index (Phi) is 9.67. The lowest BCUT2D eigenvalue weighted by molar-refractivity contribution is -0.137. The molecule has 0 fully saturated rings. The highest BCUT2D eigenvalue weighted by Gasteiger charge is 2.24. The molecule has 1 aromatic heterocycles. The van der Waals surface area contributed by atoms with Crippen molar-refractivity contribution < 1.29 is 37.5 Å². The van der Waals surface area contributed by atoms with E-state index in [1.54, 1.807) is 0 Å². The molecule has 3 N–H and O–H groups in total. The van der Waals surface area contributed by atoms with E-state index in [-0.39, 0.29) is 43.8 Å². The van der Waals surface area contributed by atoms with Crippen molar-refractivity contribution in [2.24, 2.45) is 0 Å². The van der Waals surface area contributed by atoms with Crippen LogP contribution in [0.1, 0.15) is 31.7 Å². The van der Waals surface area contributed by atoms with E-state index in [9.17, 15) is 23.2 Å². The van der Waals surface area contributed by atoms with Gasteiger partial charge in [0.1, 0.15) is 6.61 Å². The normalized spacial score (nSPS) is 11.5. The van der Waals surface area contributed by atoms with Gasteiger partial charge in [0, 0.05) is 37.1 Å². The molecule has 0 aliphatic rings. The van der Waals surface area contributed by atoms with Crippen molar-refractivity contribution in [2.75, 3.05) is 11.9 Å². The minimum absolute atomic E-state index is 0.0190. The van der Waals surface area contributed by atoms with Gasteiger partial charge in [0.05, 0.1) is 6.04 Å². The van der Waals surface area contributed by atoms with E-state index >= 15 is 0 Å². The summed E-state index contributed by atoms with van der Waals surface area (Å²) in [4.78, 5) is 35.7. The topological polar surface area (TPSA) is 134 Å². The van der Waals surface area contributed by atoms with Crippen LogP contribution >= 0.6 is 0 Å². The summed E-state index contributed by atoms with van der Waals surface area (Å²) >= 11 is 0. The molecule has 10 nitrogen and oxygen atoms in total. The number of nitrogens with zero attached hydrogens (tertiary/aromatic N) is 2. The molecule has 3 aromatic rings. The van der Waals surface area contributed by atoms with Gasteiger partial charge in [-0.05, 0) is 18.9 Å². The molecule has 0 aliphatic carbocycles. The van der Waals surface area contributed by atoms with E-state index in [0.717, 1.165) is 16.6 Å². The van der Waals surface area contributed by atoms with E-state index in [4.69, 9.17) is 14.4 Å². The summed E-state index contributed by atoms with van der Waals surface area (Å²) in [5.74, 6) is -3.07. The van der Waals surface area contributed by atoms with Gasteiger partial charge in [-0.15, -0.1) is 0 Å². The number of hydrazine groups is 1. The first-order chi connectivity index (χ1) is 17.7. The number of carbonyl (C=O) groups excluding carboxylic acids is 2. The Morgan fingerprint density at radius 3 is 2.59 bits per heavy atom. The fourth-order valence-corrected chi connectivity index (χ4v) is 3.51. The maximum Gasteiger partial charge on any atom is 0.412 e. The Balaban J connectivity index is 1.64. The standard InChI is InChI=1S/C25H26F2N4O6/c1-16(32)31(28-14-18-9-5-11-20(26)24(18)27)19(10-6-12-23(33)34)15-36-25(35)29-22-13-21(37-30-22)17-7-3-2-4-8-17/h2-5,7-9,11,13,19,28H,6,10,12,14-15H2,1H3,(H,33,34)(H,29,30,35)/t19-/m0/s1. The van der Waals surface area contributed by atoms with E-state index in [0.29, 0.717) is 5.76 Å². The van der Waals surface area contributed by atoms with Crippen LogP contribution in [0.2, 0.25) is 0 Å². The summed E-state index contributed by atoms with van der Waals surface area (Å²) in [6, 6.07) is 13.5. The zero-order valence-corrected chi connectivity index (χ0v) is 19.9. The van der Waals surface area contributed by atoms with Gasteiger partial charge in [0.2, 0.25) is 5.91 Å². The van der Waals surface area contributed by atoms with Gasteiger partial charge < -0.3 is 14.4 Å². The number of carboxylic acid groups (broad SMARTS) is 1. The van der Waals surface area contributed by atoms with Gasteiger partial charge in [-0.25, -0.2) is 19.0 Å². The van der Waals surface area contributed by atoms with Gasteiger partial charge in [-0.2, -0.15) is 0 Å². The number of ether oxygens (including phenoxy) is 1. The highest BCUT2D eigenvalue weighted by atomic mass is 19.2. The molecule has 2 aromatic carbocycles. The monoisotopic (exact) mass is 516 g/mol. The molecule has 37 heavy (non-hydrogen) atoms. The number of nitrogens with one attached hydrogen (secondary N) is 2. The number of carboxylic acids is 1. The molecule has 3 rings (SSSR count). The third-order valence-corrected chi connectivity index (χ3v) is 5.31. The average molecular weight is 517 g/mol. The Hall–Kier alpha value is -4.32. The number of aromatic nitrogens is 1. The van der Waals surface area contributed by atoms with E-state index < -0.39 is 35.6 Å². The fourth-order valence-electron chi connectivity index (χ4n) is 3.51. The number of halogens is 2. The van der Waals surface area contributed by atoms with Crippen LogP contribution in [0.5, 0.6) is 0 Å². The van der Waals surface area contributed by atoms with Gasteiger partial charge >= 0.3 is 12.1 Å². The SMILES string of the molecule is CC(=O)N(NCc1cccc(F)c1F)[C@@H](CCCC(=O)O)COC(=O)Nc1cc(-c2ccccc2)on1. The van der Waals surface area contributed by atoms with Crippen LogP contribution in [0.3, 0.4) is 0 Å². The Morgan fingerprint density at radius 1 is 1.14 bits per heavy atom. The molecule has 0 unspecified atom stereocenters. The Labute approximate surface area is 211 Å². The molecule has 0 aliphatic heterocycles. The van der Waals surface area contributed by atoms with Crippen LogP contribution in [0.15, 0.2) is 59.1 Å². The van der Waals surface area contributed by atoms with Crippen LogP contribution in [-0.4, -0.2) is 45.9 Å². The molecule has 0 saturated carbocycles. The number of rotatable bonds is 12. The number of anilines is 1. The molecular formula is C25H26F2N4O6. The molecular weight excluding hydrogens is 490 g/mol. The minimum atomic E-state index is -1.06. The van der Waals surface area contributed by atoms with E-state index in [2.05, 4.69) is 15.9 Å². The van der Waals surface area contributed by atoms with Crippen molar-refractivity contribution in [1.82, 2.24) is 15.6 Å². The summed E-state index contributed by atoms with van der Waals surface area (Å²) in [5, 5.41) is 16.3. The van der Waals surface area contributed by atoms with Crippen molar-refractivity contribution >= 4 is 23.8 Å². The molecule has 1 heterocycles. The van der Waals surface area contributed by atoms with Crippen LogP contribution in [0.4, 0.5) is 19.4 Å². The summed E-state index contributed by atoms with van der Waals surface area (Å²) in [6.07, 6.45) is -0.724. The van der Waals surface area contributed by atoms with Crippen molar-refractivity contribution in [2.45, 2.75) is 38.8 Å². The van der Waals surface area contributed by atoms with Crippen LogP contribution in [0, 0.1) is 11.6 Å². The van der Waals surface area contributed by atoms with Crippen molar-refractivity contribution in [3.05, 3.63) is 71.8 Å². The quantitative estimate of drug-likeness (QED) is 0.303. The molecule has 0 bridgehead atoms. The molecule has 0 spiro atoms. The largest absolute Gasteiger partial charge is 0.481 e. The van der Waals surface area contributed by atoms with E-state index in [1.165, 1.54) is 25.1 Å². The Bertz CT molecular complexity index is 1220. The highest BCUT2D eigenvalue weighted by molar-refractivity contribution is 5.84. The Morgan fingerprint density at radius 2 is 1.89 bits per heavy atom. The lowest BCUT2D eigenvalue weighted by atomic mass is 10.1. The van der Waals surface area contributed by atoms with Gasteiger partial charge in [-0.1, -0.05) is 47.6 Å². The summed E-state index contributed by atoms with van der Waals surface area (Å²) in [5.41, 5.74) is 3.47. The lowest BCUT2D eigenvalue weighted by Crippen LogP contribution is -2.50. The second-order valence-electron chi connectivity index (χ2n) is 8.04. The molecule has 2 amide bonds. The number of hydrogen-bond donors (Lipinski definition) is 3.